The number of amides is 1. The highest BCUT2D eigenvalue weighted by molar-refractivity contribution is 8.03. The van der Waals surface area contributed by atoms with Crippen molar-refractivity contribution < 1.29 is 4.79 Å². The normalized spacial score (nSPS) is 11.2. The number of carbonyl (C=O) groups is 1. The van der Waals surface area contributed by atoms with Crippen molar-refractivity contribution in [1.29, 1.82) is 0 Å². The summed E-state index contributed by atoms with van der Waals surface area (Å²) in [5, 5.41) is 2.76. The Hall–Kier alpha value is -1.42. The van der Waals surface area contributed by atoms with E-state index in [1.54, 1.807) is 0 Å². The Morgan fingerprint density at radius 2 is 2.00 bits per heavy atom. The van der Waals surface area contributed by atoms with Gasteiger partial charge in [-0.2, -0.15) is 0 Å². The predicted octanol–water partition coefficient (Wildman–Crippen LogP) is 2.10. The zero-order valence-corrected chi connectivity index (χ0v) is 9.60. The molecule has 3 N–H and O–H groups in total. The van der Waals surface area contributed by atoms with Crippen LogP contribution in [0.5, 0.6) is 0 Å². The number of anilines is 1. The summed E-state index contributed by atoms with van der Waals surface area (Å²) in [5.74, 6) is -0.172. The lowest BCUT2D eigenvalue weighted by molar-refractivity contribution is -0.112. The molecule has 1 aromatic carbocycles. The van der Waals surface area contributed by atoms with Crippen LogP contribution in [-0.4, -0.2) is 12.2 Å². The molecule has 0 saturated carbocycles. The Balaban J connectivity index is 2.70. The number of benzene rings is 1. The van der Waals surface area contributed by atoms with Crippen molar-refractivity contribution in [3.05, 3.63) is 40.9 Å². The van der Waals surface area contributed by atoms with Crippen LogP contribution in [0.2, 0.25) is 0 Å². The summed E-state index contributed by atoms with van der Waals surface area (Å²) in [7, 11) is 0. The Kier molecular flexibility index (Phi) is 4.24. The van der Waals surface area contributed by atoms with E-state index in [1.807, 2.05) is 37.4 Å². The highest BCUT2D eigenvalue weighted by Crippen LogP contribution is 2.14. The lowest BCUT2D eigenvalue weighted by Crippen LogP contribution is -2.13. The molecule has 0 heterocycles. The number of rotatable bonds is 3. The molecule has 0 aliphatic rings. The van der Waals surface area contributed by atoms with Crippen LogP contribution in [0.25, 0.3) is 0 Å². The first-order chi connectivity index (χ1) is 7.17. The molecule has 0 saturated heterocycles. The van der Waals surface area contributed by atoms with E-state index in [1.165, 1.54) is 18.0 Å². The molecule has 1 aromatic rings. The first-order valence-corrected chi connectivity index (χ1v) is 5.73. The van der Waals surface area contributed by atoms with Gasteiger partial charge in [-0.15, -0.1) is 11.8 Å². The van der Waals surface area contributed by atoms with Gasteiger partial charge in [0.1, 0.15) is 0 Å². The molecule has 0 aromatic heterocycles. The van der Waals surface area contributed by atoms with E-state index in [0.29, 0.717) is 4.91 Å². The number of thioether (sulfide) groups is 1. The molecule has 0 bridgehead atoms. The first-order valence-electron chi connectivity index (χ1n) is 4.51. The molecular weight excluding hydrogens is 208 g/mol. The average Bonchev–Trinajstić information content (AvgIpc) is 2.23. The summed E-state index contributed by atoms with van der Waals surface area (Å²) in [5.41, 5.74) is 7.25. The fraction of sp³-hybridized carbons (Fsp3) is 0.182. The second-order valence-corrected chi connectivity index (χ2v) is 3.90. The Morgan fingerprint density at radius 3 is 2.47 bits per heavy atom. The third-order valence-electron chi connectivity index (χ3n) is 1.90. The number of nitrogens with one attached hydrogen (secondary N) is 1. The SMILES string of the molecule is CS/C(=C\N)C(=O)Nc1ccc(C)cc1. The maximum atomic E-state index is 11.6. The predicted molar refractivity (Wildman–Crippen MR) is 65.6 cm³/mol. The topological polar surface area (TPSA) is 55.1 Å². The number of carbonyl (C=O) groups excluding carboxylic acids is 1. The van der Waals surface area contributed by atoms with Gasteiger partial charge in [0.2, 0.25) is 0 Å². The van der Waals surface area contributed by atoms with E-state index in [9.17, 15) is 4.79 Å². The molecule has 15 heavy (non-hydrogen) atoms. The van der Waals surface area contributed by atoms with Crippen molar-refractivity contribution in [2.45, 2.75) is 6.92 Å². The van der Waals surface area contributed by atoms with Gasteiger partial charge in [-0.3, -0.25) is 4.79 Å². The minimum Gasteiger partial charge on any atom is -0.404 e. The van der Waals surface area contributed by atoms with Gasteiger partial charge in [-0.05, 0) is 25.3 Å². The number of nitrogens with two attached hydrogens (primary N) is 1. The van der Waals surface area contributed by atoms with Crippen molar-refractivity contribution >= 4 is 23.4 Å². The van der Waals surface area contributed by atoms with Gasteiger partial charge in [0.05, 0.1) is 4.91 Å². The molecule has 0 radical (unpaired) electrons. The number of aryl methyl sites for hydroxylation is 1. The minimum absolute atomic E-state index is 0.172. The Morgan fingerprint density at radius 1 is 1.40 bits per heavy atom. The standard InChI is InChI=1S/C11H14N2OS/c1-8-3-5-9(6-4-8)13-11(14)10(7-12)15-2/h3-7H,12H2,1-2H3,(H,13,14)/b10-7-. The second kappa shape index (κ2) is 5.46. The highest BCUT2D eigenvalue weighted by Gasteiger charge is 2.07. The highest BCUT2D eigenvalue weighted by atomic mass is 32.2. The van der Waals surface area contributed by atoms with E-state index in [4.69, 9.17) is 5.73 Å². The molecule has 0 atom stereocenters. The summed E-state index contributed by atoms with van der Waals surface area (Å²) in [4.78, 5) is 12.1. The fourth-order valence-corrected chi connectivity index (χ4v) is 1.44. The van der Waals surface area contributed by atoms with E-state index in [-0.39, 0.29) is 5.91 Å². The van der Waals surface area contributed by atoms with Crippen LogP contribution >= 0.6 is 11.8 Å². The van der Waals surface area contributed by atoms with E-state index in [0.717, 1.165) is 11.3 Å². The van der Waals surface area contributed by atoms with E-state index < -0.39 is 0 Å². The average molecular weight is 222 g/mol. The van der Waals surface area contributed by atoms with Crippen molar-refractivity contribution in [1.82, 2.24) is 0 Å². The molecule has 0 spiro atoms. The van der Waals surface area contributed by atoms with Crippen LogP contribution in [0, 0.1) is 6.92 Å². The third kappa shape index (κ3) is 3.32. The van der Waals surface area contributed by atoms with Gasteiger partial charge in [0, 0.05) is 11.9 Å². The molecule has 0 unspecified atom stereocenters. The summed E-state index contributed by atoms with van der Waals surface area (Å²) >= 11 is 1.32. The van der Waals surface area contributed by atoms with Crippen LogP contribution in [0.15, 0.2) is 35.4 Å². The van der Waals surface area contributed by atoms with Gasteiger partial charge in [-0.1, -0.05) is 17.7 Å². The monoisotopic (exact) mass is 222 g/mol. The Labute approximate surface area is 93.7 Å². The van der Waals surface area contributed by atoms with Gasteiger partial charge in [-0.25, -0.2) is 0 Å². The third-order valence-corrected chi connectivity index (χ3v) is 2.67. The lowest BCUT2D eigenvalue weighted by atomic mass is 10.2. The summed E-state index contributed by atoms with van der Waals surface area (Å²) in [6.07, 6.45) is 3.13. The van der Waals surface area contributed by atoms with Crippen molar-refractivity contribution in [2.75, 3.05) is 11.6 Å². The van der Waals surface area contributed by atoms with Gasteiger partial charge in [0.15, 0.2) is 0 Å². The maximum Gasteiger partial charge on any atom is 0.263 e. The lowest BCUT2D eigenvalue weighted by Gasteiger charge is -2.06. The second-order valence-electron chi connectivity index (χ2n) is 3.06. The van der Waals surface area contributed by atoms with Crippen LogP contribution in [-0.2, 0) is 4.79 Å². The van der Waals surface area contributed by atoms with Gasteiger partial charge < -0.3 is 11.1 Å². The van der Waals surface area contributed by atoms with Gasteiger partial charge >= 0.3 is 0 Å². The van der Waals surface area contributed by atoms with Crippen LogP contribution in [0.4, 0.5) is 5.69 Å². The molecule has 0 aliphatic heterocycles. The van der Waals surface area contributed by atoms with Crippen molar-refractivity contribution in [3.8, 4) is 0 Å². The molecule has 3 nitrogen and oxygen atoms in total. The smallest absolute Gasteiger partial charge is 0.263 e. The molecular formula is C11H14N2OS. The van der Waals surface area contributed by atoms with E-state index in [2.05, 4.69) is 5.32 Å². The molecule has 0 aliphatic carbocycles. The van der Waals surface area contributed by atoms with Crippen LogP contribution < -0.4 is 11.1 Å². The minimum atomic E-state index is -0.172. The zero-order valence-electron chi connectivity index (χ0n) is 8.78. The fourth-order valence-electron chi connectivity index (χ4n) is 1.07. The molecule has 1 rings (SSSR count). The Bertz CT molecular complexity index is 371. The van der Waals surface area contributed by atoms with E-state index >= 15 is 0 Å². The number of hydrogen-bond donors (Lipinski definition) is 2. The summed E-state index contributed by atoms with van der Waals surface area (Å²) in [6.45, 7) is 2.00. The van der Waals surface area contributed by atoms with Crippen molar-refractivity contribution in [2.24, 2.45) is 5.73 Å². The summed E-state index contributed by atoms with van der Waals surface area (Å²) in [6, 6.07) is 7.62. The summed E-state index contributed by atoms with van der Waals surface area (Å²) < 4.78 is 0. The first kappa shape index (κ1) is 11.7. The zero-order chi connectivity index (χ0) is 11.3. The van der Waals surface area contributed by atoms with Crippen LogP contribution in [0.3, 0.4) is 0 Å². The van der Waals surface area contributed by atoms with Crippen molar-refractivity contribution in [3.63, 3.8) is 0 Å². The maximum absolute atomic E-state index is 11.6. The van der Waals surface area contributed by atoms with Gasteiger partial charge in [0.25, 0.3) is 5.91 Å². The molecule has 80 valence electrons. The molecule has 1 amide bonds. The quantitative estimate of drug-likeness (QED) is 0.770. The molecule has 4 heteroatoms. The van der Waals surface area contributed by atoms with Crippen LogP contribution in [0.1, 0.15) is 5.56 Å². The number of hydrogen-bond acceptors (Lipinski definition) is 3. The molecule has 0 fully saturated rings. The largest absolute Gasteiger partial charge is 0.404 e.